The Morgan fingerprint density at radius 3 is 2.76 bits per heavy atom. The molecule has 0 amide bonds. The minimum Gasteiger partial charge on any atom is -0.492 e. The number of hydrogen-bond donors (Lipinski definition) is 1. The van der Waals surface area contributed by atoms with Crippen LogP contribution in [0.2, 0.25) is 0 Å². The first-order valence-corrected chi connectivity index (χ1v) is 7.83. The van der Waals surface area contributed by atoms with Crippen molar-refractivity contribution in [1.29, 1.82) is 0 Å². The number of nitrogens with zero attached hydrogens (tertiary/aromatic N) is 1. The van der Waals surface area contributed by atoms with Gasteiger partial charge in [-0.15, -0.1) is 0 Å². The molecule has 0 radical (unpaired) electrons. The maximum atomic E-state index is 5.87. The van der Waals surface area contributed by atoms with Gasteiger partial charge < -0.3 is 10.1 Å². The third kappa shape index (κ3) is 7.88. The van der Waals surface area contributed by atoms with Crippen LogP contribution < -0.4 is 10.1 Å². The highest BCUT2D eigenvalue weighted by atomic mass is 16.5. The molecule has 0 saturated heterocycles. The molecule has 0 aromatic heterocycles. The summed E-state index contributed by atoms with van der Waals surface area (Å²) in [7, 11) is 0. The molecule has 1 rings (SSSR count). The minimum absolute atomic E-state index is 0.495. The van der Waals surface area contributed by atoms with Gasteiger partial charge in [0.1, 0.15) is 12.4 Å². The molecule has 0 spiro atoms. The van der Waals surface area contributed by atoms with Gasteiger partial charge in [-0.2, -0.15) is 0 Å². The molecule has 1 aromatic carbocycles. The normalized spacial score (nSPS) is 11.1. The van der Waals surface area contributed by atoms with Crippen molar-refractivity contribution >= 4 is 0 Å². The molecule has 0 aliphatic heterocycles. The van der Waals surface area contributed by atoms with E-state index < -0.39 is 0 Å². The van der Waals surface area contributed by atoms with Gasteiger partial charge in [0, 0.05) is 25.7 Å². The van der Waals surface area contributed by atoms with Gasteiger partial charge in [0.2, 0.25) is 0 Å². The van der Waals surface area contributed by atoms with Crippen molar-refractivity contribution in [2.75, 3.05) is 26.2 Å². The smallest absolute Gasteiger partial charge is 0.119 e. The second-order valence-corrected chi connectivity index (χ2v) is 5.86. The molecule has 0 unspecified atom stereocenters. The molecule has 21 heavy (non-hydrogen) atoms. The summed E-state index contributed by atoms with van der Waals surface area (Å²) in [6, 6.07) is 8.81. The maximum absolute atomic E-state index is 5.87. The quantitative estimate of drug-likeness (QED) is 0.668. The van der Waals surface area contributed by atoms with E-state index in [2.05, 4.69) is 62.7 Å². The lowest BCUT2D eigenvalue weighted by Crippen LogP contribution is -2.29. The molecule has 0 aliphatic carbocycles. The lowest BCUT2D eigenvalue weighted by molar-refractivity contribution is 0.227. The van der Waals surface area contributed by atoms with Gasteiger partial charge in [0.15, 0.2) is 0 Å². The summed E-state index contributed by atoms with van der Waals surface area (Å²) in [4.78, 5) is 2.34. The molecule has 0 bridgehead atoms. The van der Waals surface area contributed by atoms with Crippen LogP contribution in [0.4, 0.5) is 0 Å². The SMILES string of the molecule is C=C(C)CN(CC)CCOc1cccc(CNC(C)C)c1. The predicted octanol–water partition coefficient (Wildman–Crippen LogP) is 3.46. The fourth-order valence-corrected chi connectivity index (χ4v) is 2.09. The van der Waals surface area contributed by atoms with E-state index in [-0.39, 0.29) is 0 Å². The molecule has 0 heterocycles. The Morgan fingerprint density at radius 2 is 2.14 bits per heavy atom. The summed E-state index contributed by atoms with van der Waals surface area (Å²) >= 11 is 0. The van der Waals surface area contributed by atoms with Gasteiger partial charge in [-0.05, 0) is 31.2 Å². The van der Waals surface area contributed by atoms with Crippen LogP contribution in [0, 0.1) is 0 Å². The highest BCUT2D eigenvalue weighted by Gasteiger charge is 2.03. The Balaban J connectivity index is 2.40. The Morgan fingerprint density at radius 1 is 1.38 bits per heavy atom. The van der Waals surface area contributed by atoms with Gasteiger partial charge >= 0.3 is 0 Å². The summed E-state index contributed by atoms with van der Waals surface area (Å²) in [5, 5.41) is 3.42. The number of ether oxygens (including phenoxy) is 1. The molecule has 0 fully saturated rings. The van der Waals surface area contributed by atoms with E-state index in [0.29, 0.717) is 12.6 Å². The standard InChI is InChI=1S/C18H30N2O/c1-6-20(14-15(2)3)10-11-21-18-9-7-8-17(12-18)13-19-16(4)5/h7-9,12,16,19H,2,6,10-11,13-14H2,1,3-5H3. The van der Waals surface area contributed by atoms with E-state index in [9.17, 15) is 0 Å². The Kier molecular flexibility index (Phi) is 8.09. The number of benzene rings is 1. The Hall–Kier alpha value is -1.32. The van der Waals surface area contributed by atoms with E-state index in [1.54, 1.807) is 0 Å². The molecule has 118 valence electrons. The topological polar surface area (TPSA) is 24.5 Å². The zero-order valence-electron chi connectivity index (χ0n) is 14.0. The van der Waals surface area contributed by atoms with E-state index in [1.807, 2.05) is 6.07 Å². The van der Waals surface area contributed by atoms with Crippen molar-refractivity contribution < 1.29 is 4.74 Å². The number of likely N-dealkylation sites (N-methyl/N-ethyl adjacent to an activating group) is 1. The third-order valence-electron chi connectivity index (χ3n) is 3.23. The van der Waals surface area contributed by atoms with Crippen molar-refractivity contribution in [1.82, 2.24) is 10.2 Å². The summed E-state index contributed by atoms with van der Waals surface area (Å²) in [6.45, 7) is 17.0. The van der Waals surface area contributed by atoms with Gasteiger partial charge in [-0.1, -0.05) is 45.1 Å². The Labute approximate surface area is 130 Å². The molecule has 3 nitrogen and oxygen atoms in total. The van der Waals surface area contributed by atoms with Crippen LogP contribution in [0.1, 0.15) is 33.3 Å². The lowest BCUT2D eigenvalue weighted by atomic mass is 10.2. The molecule has 3 heteroatoms. The van der Waals surface area contributed by atoms with Gasteiger partial charge in [0.05, 0.1) is 0 Å². The fraction of sp³-hybridized carbons (Fsp3) is 0.556. The van der Waals surface area contributed by atoms with E-state index >= 15 is 0 Å². The summed E-state index contributed by atoms with van der Waals surface area (Å²) in [5.74, 6) is 0.949. The van der Waals surface area contributed by atoms with Crippen LogP contribution in [0.25, 0.3) is 0 Å². The van der Waals surface area contributed by atoms with Crippen molar-refractivity contribution in [3.8, 4) is 5.75 Å². The first-order valence-electron chi connectivity index (χ1n) is 7.83. The molecule has 0 saturated carbocycles. The zero-order valence-corrected chi connectivity index (χ0v) is 14.0. The van der Waals surface area contributed by atoms with Crippen LogP contribution in [0.15, 0.2) is 36.4 Å². The lowest BCUT2D eigenvalue weighted by Gasteiger charge is -2.20. The van der Waals surface area contributed by atoms with Crippen LogP contribution in [0.5, 0.6) is 5.75 Å². The van der Waals surface area contributed by atoms with Crippen LogP contribution >= 0.6 is 0 Å². The number of hydrogen-bond acceptors (Lipinski definition) is 3. The van der Waals surface area contributed by atoms with Gasteiger partial charge in [0.25, 0.3) is 0 Å². The minimum atomic E-state index is 0.495. The molecule has 0 atom stereocenters. The average molecular weight is 290 g/mol. The molecular weight excluding hydrogens is 260 g/mol. The van der Waals surface area contributed by atoms with E-state index in [1.165, 1.54) is 11.1 Å². The van der Waals surface area contributed by atoms with Gasteiger partial charge in [-0.3, -0.25) is 4.90 Å². The second-order valence-electron chi connectivity index (χ2n) is 5.86. The summed E-state index contributed by atoms with van der Waals surface area (Å²) < 4.78 is 5.87. The van der Waals surface area contributed by atoms with Crippen molar-refractivity contribution in [3.63, 3.8) is 0 Å². The Bertz CT molecular complexity index is 429. The number of rotatable bonds is 10. The predicted molar refractivity (Wildman–Crippen MR) is 90.8 cm³/mol. The first-order chi connectivity index (χ1) is 10.0. The first kappa shape index (κ1) is 17.7. The van der Waals surface area contributed by atoms with E-state index in [4.69, 9.17) is 4.74 Å². The molecule has 1 aromatic rings. The maximum Gasteiger partial charge on any atom is 0.119 e. The van der Waals surface area contributed by atoms with E-state index in [0.717, 1.165) is 31.9 Å². The van der Waals surface area contributed by atoms with Gasteiger partial charge in [-0.25, -0.2) is 0 Å². The van der Waals surface area contributed by atoms with Crippen molar-refractivity contribution in [2.24, 2.45) is 0 Å². The van der Waals surface area contributed by atoms with Crippen molar-refractivity contribution in [3.05, 3.63) is 42.0 Å². The second kappa shape index (κ2) is 9.59. The summed E-state index contributed by atoms with van der Waals surface area (Å²) in [5.41, 5.74) is 2.45. The molecule has 1 N–H and O–H groups in total. The summed E-state index contributed by atoms with van der Waals surface area (Å²) in [6.07, 6.45) is 0. The third-order valence-corrected chi connectivity index (χ3v) is 3.23. The molecular formula is C18H30N2O. The van der Waals surface area contributed by atoms with Crippen LogP contribution in [-0.4, -0.2) is 37.2 Å². The highest BCUT2D eigenvalue weighted by molar-refractivity contribution is 5.28. The largest absolute Gasteiger partial charge is 0.492 e. The monoisotopic (exact) mass is 290 g/mol. The van der Waals surface area contributed by atoms with Crippen LogP contribution in [-0.2, 0) is 6.54 Å². The zero-order chi connectivity index (χ0) is 15.7. The average Bonchev–Trinajstić information content (AvgIpc) is 2.44. The fourth-order valence-electron chi connectivity index (χ4n) is 2.09. The number of nitrogens with one attached hydrogen (secondary N) is 1. The highest BCUT2D eigenvalue weighted by Crippen LogP contribution is 2.13. The van der Waals surface area contributed by atoms with Crippen LogP contribution in [0.3, 0.4) is 0 Å². The molecule has 0 aliphatic rings. The van der Waals surface area contributed by atoms with Crippen molar-refractivity contribution in [2.45, 2.75) is 40.3 Å².